The molecule has 0 aliphatic carbocycles. The summed E-state index contributed by atoms with van der Waals surface area (Å²) in [6.07, 6.45) is 3.28. The van der Waals surface area contributed by atoms with Crippen molar-refractivity contribution in [1.82, 2.24) is 30.8 Å². The molecule has 5 rings (SSSR count). The Labute approximate surface area is 182 Å². The van der Waals surface area contributed by atoms with Crippen LogP contribution in [0.3, 0.4) is 0 Å². The maximum absolute atomic E-state index is 13.0. The number of para-hydroxylation sites is 2. The highest BCUT2D eigenvalue weighted by Crippen LogP contribution is 2.23. The van der Waals surface area contributed by atoms with Crippen LogP contribution < -0.4 is 10.9 Å². The highest BCUT2D eigenvalue weighted by atomic mass is 16.2. The summed E-state index contributed by atoms with van der Waals surface area (Å²) in [4.78, 5) is 25.7. The number of aromatic amines is 1. The lowest BCUT2D eigenvalue weighted by Crippen LogP contribution is -2.41. The van der Waals surface area contributed by atoms with Gasteiger partial charge < -0.3 is 0 Å². The van der Waals surface area contributed by atoms with Crippen LogP contribution in [0.15, 0.2) is 91.3 Å². The van der Waals surface area contributed by atoms with Crippen LogP contribution in [0.4, 0.5) is 0 Å². The largest absolute Gasteiger partial charge is 0.277 e. The average Bonchev–Trinajstić information content (AvgIpc) is 3.51. The monoisotopic (exact) mass is 422 g/mol. The number of carbonyl (C=O) groups is 2. The van der Waals surface area contributed by atoms with Gasteiger partial charge in [-0.1, -0.05) is 60.7 Å². The van der Waals surface area contributed by atoms with Crippen LogP contribution >= 0.6 is 0 Å². The molecule has 0 saturated heterocycles. The van der Waals surface area contributed by atoms with Gasteiger partial charge in [-0.15, -0.1) is 0 Å². The molecule has 8 nitrogen and oxygen atoms in total. The third-order valence-corrected chi connectivity index (χ3v) is 5.04. The first-order chi connectivity index (χ1) is 15.7. The number of H-pyrrole nitrogens is 1. The Hall–Kier alpha value is -4.72. The summed E-state index contributed by atoms with van der Waals surface area (Å²) < 4.78 is 1.64. The zero-order valence-electron chi connectivity index (χ0n) is 16.8. The second-order valence-electron chi connectivity index (χ2n) is 7.09. The van der Waals surface area contributed by atoms with Crippen LogP contribution in [-0.4, -0.2) is 31.8 Å². The molecule has 32 heavy (non-hydrogen) atoms. The highest BCUT2D eigenvalue weighted by Gasteiger charge is 2.20. The third kappa shape index (κ3) is 3.61. The van der Waals surface area contributed by atoms with E-state index in [9.17, 15) is 9.59 Å². The predicted octanol–water partition coefficient (Wildman–Crippen LogP) is 3.49. The molecule has 156 valence electrons. The number of hydrogen-bond acceptors (Lipinski definition) is 4. The molecule has 0 radical (unpaired) electrons. The van der Waals surface area contributed by atoms with Crippen LogP contribution in [0.5, 0.6) is 0 Å². The minimum absolute atomic E-state index is 0.333. The first kappa shape index (κ1) is 19.3. The molecule has 8 heteroatoms. The van der Waals surface area contributed by atoms with E-state index in [-0.39, 0.29) is 0 Å². The number of aromatic nitrogens is 4. The van der Waals surface area contributed by atoms with Crippen molar-refractivity contribution in [3.8, 4) is 16.9 Å². The van der Waals surface area contributed by atoms with E-state index in [0.29, 0.717) is 22.3 Å². The molecule has 0 fully saturated rings. The van der Waals surface area contributed by atoms with E-state index in [2.05, 4.69) is 26.1 Å². The van der Waals surface area contributed by atoms with Crippen molar-refractivity contribution in [2.75, 3.05) is 0 Å². The molecule has 2 amide bonds. The second-order valence-corrected chi connectivity index (χ2v) is 7.09. The van der Waals surface area contributed by atoms with Crippen LogP contribution in [0, 0.1) is 0 Å². The fraction of sp³-hybridized carbons (Fsp3) is 0. The van der Waals surface area contributed by atoms with Crippen molar-refractivity contribution in [3.63, 3.8) is 0 Å². The van der Waals surface area contributed by atoms with E-state index < -0.39 is 11.8 Å². The quantitative estimate of drug-likeness (QED) is 0.386. The zero-order valence-corrected chi connectivity index (χ0v) is 16.8. The molecule has 0 unspecified atom stereocenters. The van der Waals surface area contributed by atoms with E-state index in [1.807, 2.05) is 66.7 Å². The minimum Gasteiger partial charge on any atom is -0.277 e. The summed E-state index contributed by atoms with van der Waals surface area (Å²) in [5, 5.41) is 12.2. The fourth-order valence-electron chi connectivity index (χ4n) is 3.47. The number of hydrazine groups is 1. The highest BCUT2D eigenvalue weighted by molar-refractivity contribution is 6.07. The third-order valence-electron chi connectivity index (χ3n) is 5.04. The van der Waals surface area contributed by atoms with Gasteiger partial charge in [0.05, 0.1) is 28.5 Å². The first-order valence-electron chi connectivity index (χ1n) is 9.94. The van der Waals surface area contributed by atoms with Gasteiger partial charge in [0.15, 0.2) is 0 Å². The number of nitrogens with one attached hydrogen (secondary N) is 3. The number of fused-ring (bicyclic) bond motifs is 1. The standard InChI is InChI=1S/C24H18N6O2/c31-23(19-13-7-10-17-14-25-26-21(17)19)27-28-24(32)20-15-30(18-11-5-2-6-12-18)29-22(20)16-8-3-1-4-9-16/h1-15H,(H,25,26)(H,27,31)(H,28,32). The van der Waals surface area contributed by atoms with Crippen molar-refractivity contribution >= 4 is 22.7 Å². The van der Waals surface area contributed by atoms with Crippen molar-refractivity contribution < 1.29 is 9.59 Å². The number of rotatable bonds is 4. The van der Waals surface area contributed by atoms with Gasteiger partial charge in [-0.05, 0) is 18.2 Å². The summed E-state index contributed by atoms with van der Waals surface area (Å²) in [6.45, 7) is 0. The topological polar surface area (TPSA) is 105 Å². The molecule has 0 aliphatic heterocycles. The molecule has 0 atom stereocenters. The second kappa shape index (κ2) is 8.19. The molecular formula is C24H18N6O2. The summed E-state index contributed by atoms with van der Waals surface area (Å²) in [6, 6.07) is 24.2. The fourth-order valence-corrected chi connectivity index (χ4v) is 3.47. The van der Waals surface area contributed by atoms with Crippen LogP contribution in [0.2, 0.25) is 0 Å². The van der Waals surface area contributed by atoms with Crippen LogP contribution in [-0.2, 0) is 0 Å². The summed E-state index contributed by atoms with van der Waals surface area (Å²) in [7, 11) is 0. The first-order valence-corrected chi connectivity index (χ1v) is 9.94. The minimum atomic E-state index is -0.476. The Bertz CT molecular complexity index is 1410. The Morgan fingerprint density at radius 1 is 0.781 bits per heavy atom. The normalized spacial score (nSPS) is 10.8. The van der Waals surface area contributed by atoms with Crippen molar-refractivity contribution in [2.24, 2.45) is 0 Å². The number of benzene rings is 3. The molecule has 0 aliphatic rings. The van der Waals surface area contributed by atoms with Gasteiger partial charge in [0.1, 0.15) is 5.69 Å². The van der Waals surface area contributed by atoms with Crippen molar-refractivity contribution in [1.29, 1.82) is 0 Å². The Morgan fingerprint density at radius 2 is 1.47 bits per heavy atom. The van der Waals surface area contributed by atoms with E-state index in [4.69, 9.17) is 0 Å². The van der Waals surface area contributed by atoms with Crippen molar-refractivity contribution in [3.05, 3.63) is 102 Å². The van der Waals surface area contributed by atoms with E-state index in [1.165, 1.54) is 0 Å². The lowest BCUT2D eigenvalue weighted by Gasteiger charge is -2.08. The van der Waals surface area contributed by atoms with Gasteiger partial charge >= 0.3 is 0 Å². The lowest BCUT2D eigenvalue weighted by atomic mass is 10.1. The molecule has 2 aromatic heterocycles. The number of amides is 2. The molecule has 0 bridgehead atoms. The molecule has 2 heterocycles. The SMILES string of the molecule is O=C(NNC(=O)c1cccc2cn[nH]c12)c1cn(-c2ccccc2)nc1-c1ccccc1. The number of hydrogen-bond donors (Lipinski definition) is 3. The number of nitrogens with zero attached hydrogens (tertiary/aromatic N) is 3. The molecule has 3 aromatic carbocycles. The van der Waals surface area contributed by atoms with Gasteiger partial charge in [0.2, 0.25) is 0 Å². The molecule has 0 spiro atoms. The maximum Gasteiger partial charge on any atom is 0.273 e. The predicted molar refractivity (Wildman–Crippen MR) is 120 cm³/mol. The van der Waals surface area contributed by atoms with E-state index in [1.54, 1.807) is 29.2 Å². The molecule has 0 saturated carbocycles. The summed E-state index contributed by atoms with van der Waals surface area (Å²) in [5.74, 6) is -0.930. The Balaban J connectivity index is 1.43. The zero-order chi connectivity index (χ0) is 21.9. The molecule has 5 aromatic rings. The van der Waals surface area contributed by atoms with Gasteiger partial charge in [0.25, 0.3) is 11.8 Å². The van der Waals surface area contributed by atoms with Gasteiger partial charge in [-0.3, -0.25) is 25.5 Å². The van der Waals surface area contributed by atoms with Crippen LogP contribution in [0.25, 0.3) is 27.8 Å². The summed E-state index contributed by atoms with van der Waals surface area (Å²) >= 11 is 0. The summed E-state index contributed by atoms with van der Waals surface area (Å²) in [5.41, 5.74) is 8.42. The van der Waals surface area contributed by atoms with E-state index in [0.717, 1.165) is 16.6 Å². The van der Waals surface area contributed by atoms with Gasteiger partial charge in [-0.25, -0.2) is 4.68 Å². The number of carbonyl (C=O) groups excluding carboxylic acids is 2. The smallest absolute Gasteiger partial charge is 0.273 e. The maximum atomic E-state index is 13.0. The van der Waals surface area contributed by atoms with Gasteiger partial charge in [-0.2, -0.15) is 10.2 Å². The van der Waals surface area contributed by atoms with Crippen LogP contribution in [0.1, 0.15) is 20.7 Å². The molecule has 3 N–H and O–H groups in total. The lowest BCUT2D eigenvalue weighted by molar-refractivity contribution is 0.0848. The van der Waals surface area contributed by atoms with E-state index >= 15 is 0 Å². The Kier molecular flexibility index (Phi) is 4.93. The average molecular weight is 422 g/mol. The molecular weight excluding hydrogens is 404 g/mol. The Morgan fingerprint density at radius 3 is 2.22 bits per heavy atom. The van der Waals surface area contributed by atoms with Crippen molar-refractivity contribution in [2.45, 2.75) is 0 Å². The van der Waals surface area contributed by atoms with Gasteiger partial charge in [0, 0.05) is 17.1 Å².